The van der Waals surface area contributed by atoms with E-state index in [1.165, 1.54) is 66.8 Å². The Morgan fingerprint density at radius 3 is 1.57 bits per heavy atom. The van der Waals surface area contributed by atoms with E-state index in [1.807, 2.05) is 0 Å². The molecule has 11 aromatic carbocycles. The van der Waals surface area contributed by atoms with Gasteiger partial charge in [0.25, 0.3) is 0 Å². The van der Waals surface area contributed by atoms with Gasteiger partial charge in [0.2, 0.25) is 0 Å². The van der Waals surface area contributed by atoms with Gasteiger partial charge < -0.3 is 9.32 Å². The quantitative estimate of drug-likeness (QED) is 0.166. The summed E-state index contributed by atoms with van der Waals surface area (Å²) in [6.45, 7) is 0. The number of hydrogen-bond acceptors (Lipinski definition) is 2. The van der Waals surface area contributed by atoms with Crippen molar-refractivity contribution in [2.75, 3.05) is 4.90 Å². The van der Waals surface area contributed by atoms with Crippen LogP contribution in [0.3, 0.4) is 0 Å². The third-order valence-electron chi connectivity index (χ3n) is 14.5. The van der Waals surface area contributed by atoms with Gasteiger partial charge in [0, 0.05) is 32.8 Å². The van der Waals surface area contributed by atoms with E-state index >= 15 is 0 Å². The van der Waals surface area contributed by atoms with E-state index in [-0.39, 0.29) is 0 Å². The molecule has 1 aromatic heterocycles. The molecule has 2 nitrogen and oxygen atoms in total. The second-order valence-corrected chi connectivity index (χ2v) is 17.8. The third-order valence-corrected chi connectivity index (χ3v) is 14.5. The molecule has 0 unspecified atom stereocenters. The molecular weight excluding hydrogens is 811 g/mol. The topological polar surface area (TPSA) is 16.4 Å². The van der Waals surface area contributed by atoms with Gasteiger partial charge in [-0.25, -0.2) is 0 Å². The largest absolute Gasteiger partial charge is 0.455 e. The highest BCUT2D eigenvalue weighted by Crippen LogP contribution is 2.65. The smallest absolute Gasteiger partial charge is 0.143 e. The van der Waals surface area contributed by atoms with Crippen LogP contribution in [-0.4, -0.2) is 0 Å². The lowest BCUT2D eigenvalue weighted by atomic mass is 9.70. The number of furan rings is 1. The molecule has 0 saturated carbocycles. The average Bonchev–Trinajstić information content (AvgIpc) is 4.04. The number of nitrogens with zero attached hydrogens (tertiary/aromatic N) is 1. The van der Waals surface area contributed by atoms with Gasteiger partial charge >= 0.3 is 0 Å². The van der Waals surface area contributed by atoms with Crippen molar-refractivity contribution in [2.45, 2.75) is 5.41 Å². The lowest BCUT2D eigenvalue weighted by Crippen LogP contribution is -2.26. The number of benzene rings is 11. The standard InChI is InChI=1S/C65H41NO/c1-3-20-42(21-4-1)44-24-17-25-45(40-44)66(59-38-19-37-58-63(59)53-32-13-16-36-57(53)65(58)55-34-14-11-28-48(55)49-29-12-15-35-56(49)65)60-41-54-62-51(47-27-8-7-26-46(47)43-22-5-2-6-23-43)33-18-39-61(62)67-64(54)52-31-10-9-30-50(52)60/h1-41H. The summed E-state index contributed by atoms with van der Waals surface area (Å²) < 4.78 is 7.03. The first kappa shape index (κ1) is 37.6. The molecule has 0 fully saturated rings. The fourth-order valence-corrected chi connectivity index (χ4v) is 11.8. The van der Waals surface area contributed by atoms with Crippen LogP contribution in [0, 0.1) is 0 Å². The van der Waals surface area contributed by atoms with Gasteiger partial charge in [-0.05, 0) is 103 Å². The molecule has 2 aliphatic carbocycles. The highest BCUT2D eigenvalue weighted by molar-refractivity contribution is 6.23. The van der Waals surface area contributed by atoms with Gasteiger partial charge in [0.1, 0.15) is 11.2 Å². The summed E-state index contributed by atoms with van der Waals surface area (Å²) in [6.07, 6.45) is 0. The number of hydrogen-bond donors (Lipinski definition) is 0. The van der Waals surface area contributed by atoms with Crippen LogP contribution in [0.25, 0.3) is 88.3 Å². The van der Waals surface area contributed by atoms with Crippen LogP contribution in [0.2, 0.25) is 0 Å². The van der Waals surface area contributed by atoms with Gasteiger partial charge in [-0.3, -0.25) is 0 Å². The molecule has 2 heteroatoms. The Labute approximate surface area is 389 Å². The van der Waals surface area contributed by atoms with E-state index in [1.54, 1.807) is 0 Å². The summed E-state index contributed by atoms with van der Waals surface area (Å²) in [5.74, 6) is 0. The summed E-state index contributed by atoms with van der Waals surface area (Å²) in [6, 6.07) is 91.2. The summed E-state index contributed by atoms with van der Waals surface area (Å²) in [7, 11) is 0. The zero-order chi connectivity index (χ0) is 44.1. The van der Waals surface area contributed by atoms with Gasteiger partial charge in [-0.2, -0.15) is 0 Å². The molecule has 14 rings (SSSR count). The van der Waals surface area contributed by atoms with E-state index in [2.05, 4.69) is 254 Å². The van der Waals surface area contributed by atoms with Gasteiger partial charge in [0.15, 0.2) is 0 Å². The Morgan fingerprint density at radius 1 is 0.313 bits per heavy atom. The maximum absolute atomic E-state index is 7.03. The Bertz CT molecular complexity index is 3890. The Morgan fingerprint density at radius 2 is 0.836 bits per heavy atom. The first-order chi connectivity index (χ1) is 33.3. The normalized spacial score (nSPS) is 12.9. The van der Waals surface area contributed by atoms with Crippen LogP contribution < -0.4 is 4.90 Å². The Balaban J connectivity index is 1.10. The predicted octanol–water partition coefficient (Wildman–Crippen LogP) is 17.6. The lowest BCUT2D eigenvalue weighted by molar-refractivity contribution is 0.673. The molecule has 67 heavy (non-hydrogen) atoms. The molecule has 1 spiro atoms. The second-order valence-electron chi connectivity index (χ2n) is 17.8. The summed E-state index contributed by atoms with van der Waals surface area (Å²) in [5, 5.41) is 4.36. The van der Waals surface area contributed by atoms with E-state index in [4.69, 9.17) is 4.42 Å². The van der Waals surface area contributed by atoms with Crippen LogP contribution >= 0.6 is 0 Å². The van der Waals surface area contributed by atoms with Crippen molar-refractivity contribution in [3.05, 3.63) is 271 Å². The van der Waals surface area contributed by atoms with E-state index < -0.39 is 5.41 Å². The zero-order valence-corrected chi connectivity index (χ0v) is 36.5. The molecular formula is C65H41NO. The monoisotopic (exact) mass is 851 g/mol. The van der Waals surface area contributed by atoms with Crippen molar-refractivity contribution in [1.29, 1.82) is 0 Å². The SMILES string of the molecule is c1ccc(-c2cccc(N(c3cccc4c3-c3ccccc3C43c4ccccc4-c4ccccc43)c3cc4c(oc5cccc(-c6ccccc6-c6ccccc6)c54)c4ccccc34)c2)cc1. The van der Waals surface area contributed by atoms with Crippen molar-refractivity contribution in [3.63, 3.8) is 0 Å². The molecule has 312 valence electrons. The van der Waals surface area contributed by atoms with Crippen molar-refractivity contribution < 1.29 is 4.42 Å². The summed E-state index contributed by atoms with van der Waals surface area (Å²) in [4.78, 5) is 2.54. The number of anilines is 3. The minimum absolute atomic E-state index is 0.486. The maximum Gasteiger partial charge on any atom is 0.143 e. The molecule has 0 radical (unpaired) electrons. The fourth-order valence-electron chi connectivity index (χ4n) is 11.8. The second kappa shape index (κ2) is 14.7. The zero-order valence-electron chi connectivity index (χ0n) is 36.5. The van der Waals surface area contributed by atoms with Crippen molar-refractivity contribution in [2.24, 2.45) is 0 Å². The highest BCUT2D eigenvalue weighted by Gasteiger charge is 2.52. The molecule has 2 aliphatic rings. The minimum Gasteiger partial charge on any atom is -0.455 e. The Kier molecular flexibility index (Phi) is 8.23. The summed E-state index contributed by atoms with van der Waals surface area (Å²) in [5.41, 5.74) is 21.9. The van der Waals surface area contributed by atoms with Crippen LogP contribution in [-0.2, 0) is 5.41 Å². The first-order valence-corrected chi connectivity index (χ1v) is 23.2. The predicted molar refractivity (Wildman–Crippen MR) is 279 cm³/mol. The van der Waals surface area contributed by atoms with Crippen LogP contribution in [0.5, 0.6) is 0 Å². The maximum atomic E-state index is 7.03. The third kappa shape index (κ3) is 5.39. The minimum atomic E-state index is -0.486. The van der Waals surface area contributed by atoms with E-state index in [0.717, 1.165) is 60.9 Å². The van der Waals surface area contributed by atoms with E-state index in [0.29, 0.717) is 0 Å². The van der Waals surface area contributed by atoms with Crippen molar-refractivity contribution >= 4 is 49.8 Å². The molecule has 0 N–H and O–H groups in total. The van der Waals surface area contributed by atoms with Gasteiger partial charge in [0.05, 0.1) is 16.8 Å². The summed E-state index contributed by atoms with van der Waals surface area (Å²) >= 11 is 0. The van der Waals surface area contributed by atoms with E-state index in [9.17, 15) is 0 Å². The highest BCUT2D eigenvalue weighted by atomic mass is 16.3. The number of rotatable bonds is 6. The van der Waals surface area contributed by atoms with Crippen LogP contribution in [0.15, 0.2) is 253 Å². The molecule has 1 heterocycles. The van der Waals surface area contributed by atoms with Crippen molar-refractivity contribution in [3.8, 4) is 55.6 Å². The molecule has 0 amide bonds. The molecule has 0 bridgehead atoms. The molecule has 0 saturated heterocycles. The van der Waals surface area contributed by atoms with Crippen LogP contribution in [0.4, 0.5) is 17.1 Å². The number of fused-ring (bicyclic) bond motifs is 15. The fraction of sp³-hybridized carbons (Fsp3) is 0.0154. The van der Waals surface area contributed by atoms with Gasteiger partial charge in [-0.15, -0.1) is 0 Å². The van der Waals surface area contributed by atoms with Crippen molar-refractivity contribution in [1.82, 2.24) is 0 Å². The Hall–Kier alpha value is -8.72. The molecule has 0 aliphatic heterocycles. The average molecular weight is 852 g/mol. The lowest BCUT2D eigenvalue weighted by Gasteiger charge is -2.32. The molecule has 0 atom stereocenters. The molecule has 12 aromatic rings. The first-order valence-electron chi connectivity index (χ1n) is 23.2. The van der Waals surface area contributed by atoms with Crippen LogP contribution in [0.1, 0.15) is 22.3 Å². The van der Waals surface area contributed by atoms with Gasteiger partial charge in [-0.1, -0.05) is 218 Å².